The Bertz CT molecular complexity index is 657. The highest BCUT2D eigenvalue weighted by Crippen LogP contribution is 2.25. The van der Waals surface area contributed by atoms with E-state index in [0.717, 1.165) is 11.3 Å². The first-order valence-corrected chi connectivity index (χ1v) is 6.99. The fourth-order valence-corrected chi connectivity index (χ4v) is 2.53. The van der Waals surface area contributed by atoms with Gasteiger partial charge < -0.3 is 10.4 Å². The Morgan fingerprint density at radius 1 is 1.40 bits per heavy atom. The average molecular weight is 311 g/mol. The van der Waals surface area contributed by atoms with Crippen LogP contribution in [0.4, 0.5) is 5.69 Å². The van der Waals surface area contributed by atoms with Gasteiger partial charge >= 0.3 is 5.97 Å². The second kappa shape index (κ2) is 6.02. The van der Waals surface area contributed by atoms with Gasteiger partial charge in [0, 0.05) is 5.38 Å². The van der Waals surface area contributed by atoms with Crippen LogP contribution in [0.25, 0.3) is 0 Å². The number of halogens is 1. The molecule has 0 radical (unpaired) electrons. The average Bonchev–Trinajstić information content (AvgIpc) is 2.90. The predicted molar refractivity (Wildman–Crippen MR) is 77.6 cm³/mol. The van der Waals surface area contributed by atoms with Crippen LogP contribution < -0.4 is 5.32 Å². The molecule has 0 bridgehead atoms. The molecule has 1 aromatic heterocycles. The molecule has 2 rings (SSSR count). The summed E-state index contributed by atoms with van der Waals surface area (Å²) in [7, 11) is 0. The number of carbonyl (C=O) groups is 2. The number of nitrogens with zero attached hydrogens (tertiary/aromatic N) is 1. The number of hydrogen-bond acceptors (Lipinski definition) is 4. The van der Waals surface area contributed by atoms with Crippen molar-refractivity contribution in [3.05, 3.63) is 45.4 Å². The van der Waals surface area contributed by atoms with Crippen LogP contribution in [0.5, 0.6) is 0 Å². The summed E-state index contributed by atoms with van der Waals surface area (Å²) in [6, 6.07) is 6.89. The minimum atomic E-state index is -1.11. The second-order valence-corrected chi connectivity index (χ2v) is 5.36. The Morgan fingerprint density at radius 2 is 2.10 bits per heavy atom. The number of benzene rings is 1. The van der Waals surface area contributed by atoms with Crippen LogP contribution in [0.3, 0.4) is 0 Å². The smallest absolute Gasteiger partial charge is 0.355 e. The summed E-state index contributed by atoms with van der Waals surface area (Å²) < 4.78 is 0. The number of aromatic nitrogens is 1. The van der Waals surface area contributed by atoms with Gasteiger partial charge in [-0.1, -0.05) is 23.7 Å². The van der Waals surface area contributed by atoms with Crippen molar-refractivity contribution in [2.75, 3.05) is 5.32 Å². The molecule has 1 amide bonds. The van der Waals surface area contributed by atoms with E-state index in [0.29, 0.717) is 15.7 Å². The van der Waals surface area contributed by atoms with E-state index in [-0.39, 0.29) is 11.6 Å². The van der Waals surface area contributed by atoms with E-state index in [1.54, 1.807) is 31.2 Å². The first-order chi connectivity index (χ1) is 9.49. The van der Waals surface area contributed by atoms with E-state index < -0.39 is 11.9 Å². The lowest BCUT2D eigenvalue weighted by molar-refractivity contribution is -0.117. The van der Waals surface area contributed by atoms with E-state index in [9.17, 15) is 9.59 Å². The molecule has 0 saturated heterocycles. The number of rotatable bonds is 4. The maximum Gasteiger partial charge on any atom is 0.355 e. The third-order valence-corrected chi connectivity index (χ3v) is 3.99. The number of nitrogens with one attached hydrogen (secondary N) is 1. The van der Waals surface area contributed by atoms with Crippen LogP contribution in [0.2, 0.25) is 5.02 Å². The largest absolute Gasteiger partial charge is 0.476 e. The van der Waals surface area contributed by atoms with Crippen molar-refractivity contribution in [1.82, 2.24) is 4.98 Å². The van der Waals surface area contributed by atoms with Gasteiger partial charge in [0.05, 0.1) is 16.6 Å². The monoisotopic (exact) mass is 310 g/mol. The molecule has 1 atom stereocenters. The van der Waals surface area contributed by atoms with Crippen molar-refractivity contribution in [2.24, 2.45) is 0 Å². The maximum atomic E-state index is 12.1. The molecule has 2 N–H and O–H groups in total. The highest BCUT2D eigenvalue weighted by Gasteiger charge is 2.21. The second-order valence-electron chi connectivity index (χ2n) is 4.07. The summed E-state index contributed by atoms with van der Waals surface area (Å²) in [5.74, 6) is -1.94. The standard InChI is InChI=1S/C13H11ClN2O3S/c1-7(12-16-10(6-20-12)13(18)19)11(17)15-9-5-3-2-4-8(9)14/h2-7H,1H3,(H,15,17)(H,18,19)/t7-/m1/s1. The van der Waals surface area contributed by atoms with Gasteiger partial charge in [-0.2, -0.15) is 0 Å². The number of hydrogen-bond donors (Lipinski definition) is 2. The number of amides is 1. The summed E-state index contributed by atoms with van der Waals surface area (Å²) >= 11 is 7.10. The van der Waals surface area contributed by atoms with Gasteiger partial charge in [0.15, 0.2) is 5.69 Å². The molecule has 5 nitrogen and oxygen atoms in total. The van der Waals surface area contributed by atoms with Crippen molar-refractivity contribution in [3.8, 4) is 0 Å². The molecule has 0 aliphatic carbocycles. The molecule has 0 aliphatic heterocycles. The van der Waals surface area contributed by atoms with Crippen LogP contribution in [0.1, 0.15) is 28.3 Å². The third-order valence-electron chi connectivity index (χ3n) is 2.64. The minimum absolute atomic E-state index is 0.0533. The Kier molecular flexibility index (Phi) is 4.36. The number of thiazole rings is 1. The van der Waals surface area contributed by atoms with E-state index in [4.69, 9.17) is 16.7 Å². The highest BCUT2D eigenvalue weighted by molar-refractivity contribution is 7.10. The fourth-order valence-electron chi connectivity index (χ4n) is 1.50. The lowest BCUT2D eigenvalue weighted by Gasteiger charge is -2.10. The van der Waals surface area contributed by atoms with Gasteiger partial charge in [0.25, 0.3) is 0 Å². The Labute approximate surface area is 124 Å². The Hall–Kier alpha value is -1.92. The van der Waals surface area contributed by atoms with Gasteiger partial charge in [-0.05, 0) is 19.1 Å². The summed E-state index contributed by atoms with van der Waals surface area (Å²) in [5.41, 5.74) is 0.462. The molecule has 7 heteroatoms. The summed E-state index contributed by atoms with van der Waals surface area (Å²) in [6.07, 6.45) is 0. The lowest BCUT2D eigenvalue weighted by Crippen LogP contribution is -2.19. The topological polar surface area (TPSA) is 79.3 Å². The van der Waals surface area contributed by atoms with Gasteiger partial charge in [0.2, 0.25) is 5.91 Å². The molecule has 104 valence electrons. The first kappa shape index (κ1) is 14.5. The van der Waals surface area contributed by atoms with Crippen LogP contribution in [-0.2, 0) is 4.79 Å². The van der Waals surface area contributed by atoms with Crippen molar-refractivity contribution >= 4 is 40.5 Å². The van der Waals surface area contributed by atoms with Gasteiger partial charge in [-0.15, -0.1) is 11.3 Å². The van der Waals surface area contributed by atoms with Crippen LogP contribution >= 0.6 is 22.9 Å². The van der Waals surface area contributed by atoms with Crippen LogP contribution in [0, 0.1) is 0 Å². The minimum Gasteiger partial charge on any atom is -0.476 e. The van der Waals surface area contributed by atoms with Gasteiger partial charge in [-0.3, -0.25) is 4.79 Å². The third kappa shape index (κ3) is 3.15. The molecule has 2 aromatic rings. The van der Waals surface area contributed by atoms with Crippen molar-refractivity contribution in [1.29, 1.82) is 0 Å². The maximum absolute atomic E-state index is 12.1. The molecule has 20 heavy (non-hydrogen) atoms. The normalized spacial score (nSPS) is 11.9. The zero-order valence-electron chi connectivity index (χ0n) is 10.5. The van der Waals surface area contributed by atoms with Crippen LogP contribution in [-0.4, -0.2) is 22.0 Å². The number of aromatic carboxylic acids is 1. The van der Waals surface area contributed by atoms with E-state index in [1.807, 2.05) is 0 Å². The van der Waals surface area contributed by atoms with Crippen LogP contribution in [0.15, 0.2) is 29.6 Å². The number of carboxylic acid groups (broad SMARTS) is 1. The molecule has 0 fully saturated rings. The summed E-state index contributed by atoms with van der Waals surface area (Å²) in [6.45, 7) is 1.66. The molecule has 1 heterocycles. The number of para-hydroxylation sites is 1. The Morgan fingerprint density at radius 3 is 2.70 bits per heavy atom. The molecule has 1 aromatic carbocycles. The fraction of sp³-hybridized carbons (Fsp3) is 0.154. The molecule has 0 spiro atoms. The molecular weight excluding hydrogens is 300 g/mol. The number of carbonyl (C=O) groups excluding carboxylic acids is 1. The van der Waals surface area contributed by atoms with Crippen molar-refractivity contribution < 1.29 is 14.7 Å². The lowest BCUT2D eigenvalue weighted by atomic mass is 10.1. The van der Waals surface area contributed by atoms with E-state index in [1.165, 1.54) is 5.38 Å². The SMILES string of the molecule is C[C@H](C(=O)Nc1ccccc1Cl)c1nc(C(=O)O)cs1. The Balaban J connectivity index is 2.12. The predicted octanol–water partition coefficient (Wildman–Crippen LogP) is 3.24. The van der Waals surface area contributed by atoms with Crippen molar-refractivity contribution in [3.63, 3.8) is 0 Å². The summed E-state index contributed by atoms with van der Waals surface area (Å²) in [4.78, 5) is 26.8. The van der Waals surface area contributed by atoms with Gasteiger partial charge in [-0.25, -0.2) is 9.78 Å². The van der Waals surface area contributed by atoms with Crippen molar-refractivity contribution in [2.45, 2.75) is 12.8 Å². The summed E-state index contributed by atoms with van der Waals surface area (Å²) in [5, 5.41) is 13.8. The molecule has 0 unspecified atom stereocenters. The molecule has 0 aliphatic rings. The zero-order valence-corrected chi connectivity index (χ0v) is 12.0. The molecular formula is C13H11ClN2O3S. The quantitative estimate of drug-likeness (QED) is 0.908. The van der Waals surface area contributed by atoms with E-state index >= 15 is 0 Å². The van der Waals surface area contributed by atoms with E-state index in [2.05, 4.69) is 10.3 Å². The molecule has 0 saturated carbocycles. The van der Waals surface area contributed by atoms with Gasteiger partial charge in [0.1, 0.15) is 5.01 Å². The number of anilines is 1. The highest BCUT2D eigenvalue weighted by atomic mass is 35.5. The zero-order chi connectivity index (χ0) is 14.7. The number of carboxylic acids is 1. The first-order valence-electron chi connectivity index (χ1n) is 5.73.